The Balaban J connectivity index is 2.82. The highest BCUT2D eigenvalue weighted by molar-refractivity contribution is 6.06. The average Bonchev–Trinajstić information content (AvgIpc) is 2.54. The van der Waals surface area contributed by atoms with Gasteiger partial charge in [-0.1, -0.05) is 50.6 Å². The number of nitrogens with one attached hydrogen (secondary N) is 1. The second kappa shape index (κ2) is 8.84. The molecule has 1 N–H and O–H groups in total. The SMILES string of the molecule is CC[C@@H](C)[C@@H](C(=O)OCC(=O)[C@@H](C#N)C(C)=N)c1ccccc1. The molecule has 0 amide bonds. The molecule has 0 heterocycles. The van der Waals surface area contributed by atoms with Gasteiger partial charge in [0.1, 0.15) is 5.92 Å². The Labute approximate surface area is 136 Å². The number of Topliss-reactive ketones (excluding diaryl/α,β-unsaturated/α-hetero) is 1. The van der Waals surface area contributed by atoms with E-state index in [2.05, 4.69) is 0 Å². The maximum Gasteiger partial charge on any atom is 0.314 e. The van der Waals surface area contributed by atoms with Crippen LogP contribution in [0, 0.1) is 28.6 Å². The molecule has 122 valence electrons. The summed E-state index contributed by atoms with van der Waals surface area (Å²) in [6.07, 6.45) is 0.795. The van der Waals surface area contributed by atoms with Crippen molar-refractivity contribution < 1.29 is 14.3 Å². The first-order valence-electron chi connectivity index (χ1n) is 7.61. The van der Waals surface area contributed by atoms with Crippen molar-refractivity contribution in [1.29, 1.82) is 10.7 Å². The summed E-state index contributed by atoms with van der Waals surface area (Å²) in [5.74, 6) is -2.57. The molecule has 1 aromatic rings. The van der Waals surface area contributed by atoms with E-state index in [9.17, 15) is 9.59 Å². The van der Waals surface area contributed by atoms with Gasteiger partial charge in [-0.3, -0.25) is 9.59 Å². The lowest BCUT2D eigenvalue weighted by molar-refractivity contribution is -0.150. The molecule has 0 saturated carbocycles. The van der Waals surface area contributed by atoms with Crippen LogP contribution in [-0.2, 0) is 14.3 Å². The molecule has 5 heteroatoms. The molecule has 23 heavy (non-hydrogen) atoms. The van der Waals surface area contributed by atoms with Gasteiger partial charge in [0.25, 0.3) is 0 Å². The normalized spacial score (nSPS) is 14.2. The Kier molecular flexibility index (Phi) is 7.14. The summed E-state index contributed by atoms with van der Waals surface area (Å²) in [4.78, 5) is 24.3. The van der Waals surface area contributed by atoms with E-state index in [0.717, 1.165) is 12.0 Å². The standard InChI is InChI=1S/C18H22N2O3/c1-4-12(2)17(14-8-6-5-7-9-14)18(22)23-11-16(21)15(10-19)13(3)20/h5-9,12,15,17,20H,4,11H2,1-3H3/t12-,15+,17-/m1/s1. The van der Waals surface area contributed by atoms with Crippen molar-refractivity contribution in [3.8, 4) is 6.07 Å². The Morgan fingerprint density at radius 1 is 1.30 bits per heavy atom. The first-order valence-corrected chi connectivity index (χ1v) is 7.61. The molecule has 0 spiro atoms. The van der Waals surface area contributed by atoms with Crippen LogP contribution in [0.15, 0.2) is 30.3 Å². The first kappa shape index (κ1) is 18.6. The third-order valence-electron chi connectivity index (χ3n) is 3.87. The Morgan fingerprint density at radius 3 is 2.39 bits per heavy atom. The largest absolute Gasteiger partial charge is 0.457 e. The summed E-state index contributed by atoms with van der Waals surface area (Å²) < 4.78 is 5.14. The fourth-order valence-corrected chi connectivity index (χ4v) is 2.32. The van der Waals surface area contributed by atoms with Crippen LogP contribution in [0.3, 0.4) is 0 Å². The third-order valence-corrected chi connectivity index (χ3v) is 3.87. The van der Waals surface area contributed by atoms with Crippen LogP contribution in [0.25, 0.3) is 0 Å². The van der Waals surface area contributed by atoms with E-state index in [4.69, 9.17) is 15.4 Å². The van der Waals surface area contributed by atoms with Crippen LogP contribution in [-0.4, -0.2) is 24.1 Å². The quantitative estimate of drug-likeness (QED) is 0.589. The van der Waals surface area contributed by atoms with Gasteiger partial charge in [0, 0.05) is 5.71 Å². The summed E-state index contributed by atoms with van der Waals surface area (Å²) in [6, 6.07) is 11.1. The predicted octanol–water partition coefficient (Wildman–Crippen LogP) is 3.11. The van der Waals surface area contributed by atoms with Gasteiger partial charge >= 0.3 is 5.97 Å². The molecule has 0 unspecified atom stereocenters. The van der Waals surface area contributed by atoms with E-state index < -0.39 is 30.2 Å². The zero-order valence-corrected chi connectivity index (χ0v) is 13.7. The van der Waals surface area contributed by atoms with E-state index in [0.29, 0.717) is 0 Å². The highest BCUT2D eigenvalue weighted by atomic mass is 16.5. The monoisotopic (exact) mass is 314 g/mol. The van der Waals surface area contributed by atoms with Gasteiger partial charge in [-0.25, -0.2) is 0 Å². The molecular weight excluding hydrogens is 292 g/mol. The van der Waals surface area contributed by atoms with Crippen molar-refractivity contribution in [2.45, 2.75) is 33.1 Å². The van der Waals surface area contributed by atoms with Gasteiger partial charge in [0.05, 0.1) is 12.0 Å². The number of nitrogens with zero attached hydrogens (tertiary/aromatic N) is 1. The van der Waals surface area contributed by atoms with Crippen LogP contribution < -0.4 is 0 Å². The first-order chi connectivity index (χ1) is 10.9. The van der Waals surface area contributed by atoms with E-state index in [-0.39, 0.29) is 11.6 Å². The number of nitriles is 1. The lowest BCUT2D eigenvalue weighted by Gasteiger charge is -2.22. The maximum atomic E-state index is 12.4. The van der Waals surface area contributed by atoms with Crippen LogP contribution in [0.2, 0.25) is 0 Å². The van der Waals surface area contributed by atoms with E-state index in [1.54, 1.807) is 6.07 Å². The number of carbonyl (C=O) groups is 2. The molecule has 1 aromatic carbocycles. The molecule has 3 atom stereocenters. The summed E-state index contributed by atoms with van der Waals surface area (Å²) in [5, 5.41) is 16.3. The summed E-state index contributed by atoms with van der Waals surface area (Å²) in [6.45, 7) is 4.86. The number of ether oxygens (including phenoxy) is 1. The summed E-state index contributed by atoms with van der Waals surface area (Å²) >= 11 is 0. The zero-order chi connectivity index (χ0) is 17.4. The summed E-state index contributed by atoms with van der Waals surface area (Å²) in [7, 11) is 0. The predicted molar refractivity (Wildman–Crippen MR) is 87.1 cm³/mol. The van der Waals surface area contributed by atoms with E-state index >= 15 is 0 Å². The number of ketones is 1. The smallest absolute Gasteiger partial charge is 0.314 e. The molecular formula is C18H22N2O3. The maximum absolute atomic E-state index is 12.4. The number of hydrogen-bond acceptors (Lipinski definition) is 5. The molecule has 0 aromatic heterocycles. The molecule has 0 bridgehead atoms. The van der Waals surface area contributed by atoms with Crippen molar-refractivity contribution in [3.63, 3.8) is 0 Å². The minimum absolute atomic E-state index is 0.0462. The van der Waals surface area contributed by atoms with Crippen LogP contribution in [0.1, 0.15) is 38.7 Å². The molecule has 1 rings (SSSR count). The zero-order valence-electron chi connectivity index (χ0n) is 13.7. The Bertz CT molecular complexity index is 604. The number of esters is 1. The van der Waals surface area contributed by atoms with Gasteiger partial charge in [0.2, 0.25) is 0 Å². The van der Waals surface area contributed by atoms with Crippen molar-refractivity contribution in [2.24, 2.45) is 11.8 Å². The number of carbonyl (C=O) groups excluding carboxylic acids is 2. The van der Waals surface area contributed by atoms with Crippen molar-refractivity contribution >= 4 is 17.5 Å². The summed E-state index contributed by atoms with van der Waals surface area (Å²) in [5.41, 5.74) is 0.800. The van der Waals surface area contributed by atoms with Gasteiger partial charge in [-0.15, -0.1) is 0 Å². The Hall–Kier alpha value is -2.48. The molecule has 0 aliphatic heterocycles. The molecule has 0 saturated heterocycles. The van der Waals surface area contributed by atoms with Crippen LogP contribution in [0.5, 0.6) is 0 Å². The molecule has 0 fully saturated rings. The number of rotatable bonds is 8. The second-order valence-corrected chi connectivity index (χ2v) is 5.59. The molecule has 0 radical (unpaired) electrons. The van der Waals surface area contributed by atoms with Crippen LogP contribution >= 0.6 is 0 Å². The van der Waals surface area contributed by atoms with Crippen molar-refractivity contribution in [2.75, 3.05) is 6.61 Å². The minimum atomic E-state index is -1.15. The van der Waals surface area contributed by atoms with Crippen molar-refractivity contribution in [3.05, 3.63) is 35.9 Å². The molecule has 0 aliphatic rings. The van der Waals surface area contributed by atoms with Gasteiger partial charge in [-0.05, 0) is 18.4 Å². The topological polar surface area (TPSA) is 91.0 Å². The lowest BCUT2D eigenvalue weighted by atomic mass is 9.85. The fraction of sp³-hybridized carbons (Fsp3) is 0.444. The molecule has 0 aliphatic carbocycles. The van der Waals surface area contributed by atoms with Crippen LogP contribution in [0.4, 0.5) is 0 Å². The highest BCUT2D eigenvalue weighted by Crippen LogP contribution is 2.28. The van der Waals surface area contributed by atoms with Gasteiger partial charge in [0.15, 0.2) is 12.4 Å². The van der Waals surface area contributed by atoms with E-state index in [1.165, 1.54) is 6.92 Å². The average molecular weight is 314 g/mol. The number of benzene rings is 1. The fourth-order valence-electron chi connectivity index (χ4n) is 2.32. The minimum Gasteiger partial charge on any atom is -0.457 e. The van der Waals surface area contributed by atoms with Crippen molar-refractivity contribution in [1.82, 2.24) is 0 Å². The molecule has 5 nitrogen and oxygen atoms in total. The number of hydrogen-bond donors (Lipinski definition) is 1. The van der Waals surface area contributed by atoms with Gasteiger partial charge < -0.3 is 10.1 Å². The third kappa shape index (κ3) is 5.03. The van der Waals surface area contributed by atoms with Gasteiger partial charge in [-0.2, -0.15) is 5.26 Å². The second-order valence-electron chi connectivity index (χ2n) is 5.59. The highest BCUT2D eigenvalue weighted by Gasteiger charge is 2.29. The Morgan fingerprint density at radius 2 is 1.91 bits per heavy atom. The van der Waals surface area contributed by atoms with E-state index in [1.807, 2.05) is 44.2 Å². The lowest BCUT2D eigenvalue weighted by Crippen LogP contribution is -2.28.